The molecule has 4 rings (SSSR count). The number of nitrogens with zero attached hydrogens (tertiary/aromatic N) is 3. The van der Waals surface area contributed by atoms with Crippen molar-refractivity contribution in [3.8, 4) is 11.5 Å². The van der Waals surface area contributed by atoms with Crippen LogP contribution in [-0.2, 0) is 19.4 Å². The number of rotatable bonds is 8. The minimum absolute atomic E-state index is 0. The summed E-state index contributed by atoms with van der Waals surface area (Å²) in [6.45, 7) is 2.67. The van der Waals surface area contributed by atoms with E-state index in [0.717, 1.165) is 55.8 Å². The van der Waals surface area contributed by atoms with Crippen LogP contribution < -0.4 is 20.1 Å². The van der Waals surface area contributed by atoms with Gasteiger partial charge in [0.1, 0.15) is 5.82 Å². The third kappa shape index (κ3) is 6.36. The summed E-state index contributed by atoms with van der Waals surface area (Å²) in [4.78, 5) is 8.81. The highest BCUT2D eigenvalue weighted by atomic mass is 127. The Balaban J connectivity index is 0.00000272. The molecule has 0 bridgehead atoms. The van der Waals surface area contributed by atoms with Crippen molar-refractivity contribution in [2.45, 2.75) is 19.4 Å². The standard InChI is InChI=1S/C23H27N5O2.HI/c1-24-23(26-11-9-18-7-8-20-21(15-18)30-17-29-20)27-12-10-22-25-13-14-28(22)16-19-5-3-2-4-6-19;/h2-8,13-15H,9-12,16-17H2,1H3,(H2,24,26,27);1H. The molecule has 0 fully saturated rings. The van der Waals surface area contributed by atoms with Crippen molar-refractivity contribution in [3.63, 3.8) is 0 Å². The number of ether oxygens (including phenoxy) is 2. The summed E-state index contributed by atoms with van der Waals surface area (Å²) >= 11 is 0. The number of aliphatic imine (C=N–C) groups is 1. The molecule has 2 heterocycles. The average molecular weight is 533 g/mol. The van der Waals surface area contributed by atoms with Crippen molar-refractivity contribution >= 4 is 29.9 Å². The maximum atomic E-state index is 5.44. The molecule has 7 nitrogen and oxygen atoms in total. The van der Waals surface area contributed by atoms with E-state index in [9.17, 15) is 0 Å². The van der Waals surface area contributed by atoms with Gasteiger partial charge in [0, 0.05) is 45.5 Å². The number of halogens is 1. The molecule has 1 aliphatic heterocycles. The topological polar surface area (TPSA) is 72.7 Å². The first-order chi connectivity index (χ1) is 14.8. The molecule has 0 saturated heterocycles. The van der Waals surface area contributed by atoms with Gasteiger partial charge >= 0.3 is 0 Å². The van der Waals surface area contributed by atoms with Gasteiger partial charge in [-0.15, -0.1) is 24.0 Å². The highest BCUT2D eigenvalue weighted by Crippen LogP contribution is 2.32. The van der Waals surface area contributed by atoms with Crippen LogP contribution in [-0.4, -0.2) is 42.4 Å². The molecule has 8 heteroatoms. The van der Waals surface area contributed by atoms with E-state index in [0.29, 0.717) is 6.79 Å². The fourth-order valence-electron chi connectivity index (χ4n) is 3.43. The monoisotopic (exact) mass is 533 g/mol. The smallest absolute Gasteiger partial charge is 0.231 e. The molecule has 2 aromatic carbocycles. The van der Waals surface area contributed by atoms with Gasteiger partial charge in [0.2, 0.25) is 6.79 Å². The van der Waals surface area contributed by atoms with Gasteiger partial charge in [-0.25, -0.2) is 4.98 Å². The number of guanidine groups is 1. The van der Waals surface area contributed by atoms with E-state index in [-0.39, 0.29) is 24.0 Å². The highest BCUT2D eigenvalue weighted by Gasteiger charge is 2.13. The Bertz CT molecular complexity index is 991. The first kappa shape index (κ1) is 22.9. The predicted octanol–water partition coefficient (Wildman–Crippen LogP) is 3.23. The van der Waals surface area contributed by atoms with Gasteiger partial charge in [-0.2, -0.15) is 0 Å². The Morgan fingerprint density at radius 3 is 2.58 bits per heavy atom. The average Bonchev–Trinajstić information content (AvgIpc) is 3.42. The summed E-state index contributed by atoms with van der Waals surface area (Å²) in [6.07, 6.45) is 5.58. The normalized spacial score (nSPS) is 12.4. The zero-order valence-electron chi connectivity index (χ0n) is 17.6. The Hall–Kier alpha value is -2.75. The second kappa shape index (κ2) is 11.6. The van der Waals surface area contributed by atoms with E-state index < -0.39 is 0 Å². The zero-order valence-corrected chi connectivity index (χ0v) is 19.9. The Morgan fingerprint density at radius 2 is 1.77 bits per heavy atom. The number of hydrogen-bond acceptors (Lipinski definition) is 4. The first-order valence-electron chi connectivity index (χ1n) is 10.2. The summed E-state index contributed by atoms with van der Waals surface area (Å²) in [5.41, 5.74) is 2.47. The molecule has 0 aliphatic carbocycles. The summed E-state index contributed by atoms with van der Waals surface area (Å²) < 4.78 is 13.0. The SMILES string of the molecule is CN=C(NCCc1ccc2c(c1)OCO2)NCCc1nccn1Cc1ccccc1.I. The van der Waals surface area contributed by atoms with E-state index in [4.69, 9.17) is 9.47 Å². The van der Waals surface area contributed by atoms with Crippen LogP contribution in [0.25, 0.3) is 0 Å². The largest absolute Gasteiger partial charge is 0.454 e. The lowest BCUT2D eigenvalue weighted by atomic mass is 10.1. The van der Waals surface area contributed by atoms with Crippen molar-refractivity contribution in [3.05, 3.63) is 77.9 Å². The summed E-state index contributed by atoms with van der Waals surface area (Å²) in [5.74, 6) is 3.48. The van der Waals surface area contributed by atoms with Gasteiger partial charge < -0.3 is 24.7 Å². The zero-order chi connectivity index (χ0) is 20.6. The molecule has 0 unspecified atom stereocenters. The summed E-state index contributed by atoms with van der Waals surface area (Å²) in [5, 5.41) is 6.73. The van der Waals surface area contributed by atoms with E-state index in [2.05, 4.69) is 55.5 Å². The Labute approximate surface area is 199 Å². The van der Waals surface area contributed by atoms with Crippen LogP contribution in [0, 0.1) is 0 Å². The van der Waals surface area contributed by atoms with Crippen LogP contribution in [0.4, 0.5) is 0 Å². The number of imidazole rings is 1. The third-order valence-corrected chi connectivity index (χ3v) is 5.01. The first-order valence-corrected chi connectivity index (χ1v) is 10.2. The van der Waals surface area contributed by atoms with Crippen molar-refractivity contribution in [2.75, 3.05) is 26.9 Å². The number of nitrogens with one attached hydrogen (secondary N) is 2. The molecule has 31 heavy (non-hydrogen) atoms. The molecule has 0 spiro atoms. The van der Waals surface area contributed by atoms with Gasteiger partial charge in [-0.1, -0.05) is 36.4 Å². The number of hydrogen-bond donors (Lipinski definition) is 2. The molecule has 1 aliphatic rings. The van der Waals surface area contributed by atoms with E-state index >= 15 is 0 Å². The number of fused-ring (bicyclic) bond motifs is 1. The molecule has 0 radical (unpaired) electrons. The van der Waals surface area contributed by atoms with Gasteiger partial charge in [-0.05, 0) is 29.7 Å². The van der Waals surface area contributed by atoms with Crippen molar-refractivity contribution in [1.29, 1.82) is 0 Å². The van der Waals surface area contributed by atoms with Crippen LogP contribution in [0.5, 0.6) is 11.5 Å². The molecule has 164 valence electrons. The fraction of sp³-hybridized carbons (Fsp3) is 0.304. The molecule has 2 N–H and O–H groups in total. The van der Waals surface area contributed by atoms with Crippen molar-refractivity contribution < 1.29 is 9.47 Å². The van der Waals surface area contributed by atoms with Gasteiger partial charge in [0.25, 0.3) is 0 Å². The molecule has 0 saturated carbocycles. The van der Waals surface area contributed by atoms with Gasteiger partial charge in [-0.3, -0.25) is 4.99 Å². The lowest BCUT2D eigenvalue weighted by Gasteiger charge is -2.13. The van der Waals surface area contributed by atoms with Crippen LogP contribution in [0.2, 0.25) is 0 Å². The number of aromatic nitrogens is 2. The van der Waals surface area contributed by atoms with Crippen LogP contribution in [0.3, 0.4) is 0 Å². The molecule has 3 aromatic rings. The van der Waals surface area contributed by atoms with Crippen LogP contribution >= 0.6 is 24.0 Å². The van der Waals surface area contributed by atoms with Gasteiger partial charge in [0.05, 0.1) is 0 Å². The fourth-order valence-corrected chi connectivity index (χ4v) is 3.43. The summed E-state index contributed by atoms with van der Waals surface area (Å²) in [7, 11) is 1.78. The quantitative estimate of drug-likeness (QED) is 0.265. The molecule has 1 aromatic heterocycles. The van der Waals surface area contributed by atoms with Crippen molar-refractivity contribution in [1.82, 2.24) is 20.2 Å². The lowest BCUT2D eigenvalue weighted by Crippen LogP contribution is -2.39. The van der Waals surface area contributed by atoms with Crippen LogP contribution in [0.1, 0.15) is 17.0 Å². The second-order valence-electron chi connectivity index (χ2n) is 7.07. The highest BCUT2D eigenvalue weighted by molar-refractivity contribution is 14.0. The van der Waals surface area contributed by atoms with E-state index in [1.54, 1.807) is 7.05 Å². The Kier molecular flexibility index (Phi) is 8.57. The van der Waals surface area contributed by atoms with E-state index in [1.807, 2.05) is 30.6 Å². The van der Waals surface area contributed by atoms with Crippen LogP contribution in [0.15, 0.2) is 65.9 Å². The molecular weight excluding hydrogens is 505 g/mol. The maximum Gasteiger partial charge on any atom is 0.231 e. The minimum Gasteiger partial charge on any atom is -0.454 e. The van der Waals surface area contributed by atoms with Crippen molar-refractivity contribution in [2.24, 2.45) is 4.99 Å². The number of benzene rings is 2. The van der Waals surface area contributed by atoms with E-state index in [1.165, 1.54) is 11.1 Å². The maximum absolute atomic E-state index is 5.44. The lowest BCUT2D eigenvalue weighted by molar-refractivity contribution is 0.174. The predicted molar refractivity (Wildman–Crippen MR) is 133 cm³/mol. The van der Waals surface area contributed by atoms with Gasteiger partial charge in [0.15, 0.2) is 17.5 Å². The Morgan fingerprint density at radius 1 is 1.00 bits per heavy atom. The second-order valence-corrected chi connectivity index (χ2v) is 7.07. The molecule has 0 amide bonds. The molecule has 0 atom stereocenters. The molecular formula is C23H28IN5O2. The third-order valence-electron chi connectivity index (χ3n) is 5.01. The summed E-state index contributed by atoms with van der Waals surface area (Å²) in [6, 6.07) is 16.5. The minimum atomic E-state index is 0.